The minimum Gasteiger partial charge on any atom is -0.385 e. The predicted molar refractivity (Wildman–Crippen MR) is 243 cm³/mol. The molecule has 67 heavy (non-hydrogen) atoms. The standard InChI is InChI=1S/C46H54ClF3N12O5/c1-51-32-22-39(56-62-36(24-53-41(32)62)42(64)54-31-3-4-37(31)67-2)60-13-5-29-27(19-28(48)20-34(29)60)25-57-12-6-38(46(49,50)26-57)58-15-8-45(9-16-58)10-17-59(18-11-45)43(65)33-21-35(30(47)23-52-33)61-14-7-40(63)55-44(61)66/h19-24,31,37-38,51H,3-18,25-26H2,1-2H3,(H,54,64)(H,55,63,66)/t31-,37-,38?/m1/s1. The lowest BCUT2D eigenvalue weighted by Gasteiger charge is -2.50. The highest BCUT2D eigenvalue weighted by atomic mass is 35.5. The topological polar surface area (TPSA) is 173 Å². The number of carbonyl (C=O) groups excluding carboxylic acids is 4. The zero-order chi connectivity index (χ0) is 46.8. The summed E-state index contributed by atoms with van der Waals surface area (Å²) in [5.41, 5.74) is 3.93. The van der Waals surface area contributed by atoms with Gasteiger partial charge in [-0.2, -0.15) is 0 Å². The number of nitrogens with one attached hydrogen (secondary N) is 3. The highest BCUT2D eigenvalue weighted by molar-refractivity contribution is 6.34. The lowest BCUT2D eigenvalue weighted by atomic mass is 9.70. The number of pyridine rings is 1. The van der Waals surface area contributed by atoms with Crippen LogP contribution in [0.2, 0.25) is 5.02 Å². The second kappa shape index (κ2) is 17.8. The number of aromatic nitrogens is 4. The fourth-order valence-corrected chi connectivity index (χ4v) is 11.2. The van der Waals surface area contributed by atoms with E-state index in [-0.39, 0.29) is 77.6 Å². The fourth-order valence-electron chi connectivity index (χ4n) is 11.0. The number of hydrogen-bond donors (Lipinski definition) is 3. The van der Waals surface area contributed by atoms with Gasteiger partial charge in [0.15, 0.2) is 17.2 Å². The van der Waals surface area contributed by atoms with Gasteiger partial charge in [0.05, 0.1) is 47.3 Å². The number of ether oxygens (including phenoxy) is 1. The molecule has 4 saturated heterocycles. The van der Waals surface area contributed by atoms with Crippen molar-refractivity contribution in [1.82, 2.24) is 44.9 Å². The van der Waals surface area contributed by atoms with E-state index in [0.717, 1.165) is 44.1 Å². The second-order valence-corrected chi connectivity index (χ2v) is 19.2. The van der Waals surface area contributed by atoms with Crippen molar-refractivity contribution < 1.29 is 37.1 Å². The molecule has 17 nitrogen and oxygen atoms in total. The van der Waals surface area contributed by atoms with Crippen LogP contribution in [-0.2, 0) is 22.5 Å². The Labute approximate surface area is 390 Å². The molecule has 5 amide bonds. The Balaban J connectivity index is 0.758. The molecule has 1 saturated carbocycles. The number of hydrogen-bond acceptors (Lipinski definition) is 12. The van der Waals surface area contributed by atoms with Crippen molar-refractivity contribution in [2.45, 2.75) is 88.4 Å². The van der Waals surface area contributed by atoms with Crippen molar-refractivity contribution in [3.05, 3.63) is 70.0 Å². The van der Waals surface area contributed by atoms with Crippen molar-refractivity contribution >= 4 is 63.9 Å². The number of rotatable bonds is 10. The van der Waals surface area contributed by atoms with Gasteiger partial charge in [0.25, 0.3) is 17.7 Å². The number of amides is 5. The maximum Gasteiger partial charge on any atom is 0.328 e. The summed E-state index contributed by atoms with van der Waals surface area (Å²) >= 11 is 6.36. The molecule has 356 valence electrons. The monoisotopic (exact) mass is 946 g/mol. The van der Waals surface area contributed by atoms with Gasteiger partial charge >= 0.3 is 6.03 Å². The van der Waals surface area contributed by atoms with Crippen LogP contribution in [0.5, 0.6) is 0 Å². The summed E-state index contributed by atoms with van der Waals surface area (Å²) in [4.78, 5) is 68.5. The quantitative estimate of drug-likeness (QED) is 0.189. The maximum absolute atomic E-state index is 16.3. The first-order chi connectivity index (χ1) is 32.2. The molecular weight excluding hydrogens is 893 g/mol. The van der Waals surface area contributed by atoms with E-state index in [1.807, 2.05) is 15.9 Å². The van der Waals surface area contributed by atoms with Crippen molar-refractivity contribution in [2.24, 2.45) is 5.41 Å². The number of piperidine rings is 3. The Morgan fingerprint density at radius 3 is 2.37 bits per heavy atom. The van der Waals surface area contributed by atoms with E-state index in [0.29, 0.717) is 79.8 Å². The summed E-state index contributed by atoms with van der Waals surface area (Å²) in [6, 6.07) is 4.61. The van der Waals surface area contributed by atoms with Crippen LogP contribution in [0.4, 0.5) is 40.8 Å². The molecular formula is C46H54ClF3N12O5. The molecule has 8 heterocycles. The van der Waals surface area contributed by atoms with Gasteiger partial charge in [0.1, 0.15) is 11.5 Å². The average Bonchev–Trinajstić information content (AvgIpc) is 3.93. The molecule has 4 aromatic rings. The molecule has 10 rings (SSSR count). The Bertz CT molecular complexity index is 2610. The van der Waals surface area contributed by atoms with E-state index in [1.165, 1.54) is 40.0 Å². The second-order valence-electron chi connectivity index (χ2n) is 18.8. The zero-order valence-electron chi connectivity index (χ0n) is 37.5. The van der Waals surface area contributed by atoms with Crippen LogP contribution >= 0.6 is 11.6 Å². The number of benzene rings is 1. The van der Waals surface area contributed by atoms with Crippen LogP contribution in [0, 0.1) is 11.2 Å². The number of likely N-dealkylation sites (tertiary alicyclic amines) is 3. The van der Waals surface area contributed by atoms with Crippen LogP contribution in [0.3, 0.4) is 0 Å². The van der Waals surface area contributed by atoms with Gasteiger partial charge < -0.3 is 25.2 Å². The highest BCUT2D eigenvalue weighted by Gasteiger charge is 2.50. The van der Waals surface area contributed by atoms with Crippen LogP contribution in [0.25, 0.3) is 5.65 Å². The smallest absolute Gasteiger partial charge is 0.328 e. The van der Waals surface area contributed by atoms with Crippen molar-refractivity contribution in [3.8, 4) is 0 Å². The maximum atomic E-state index is 16.3. The third-order valence-electron chi connectivity index (χ3n) is 15.1. The summed E-state index contributed by atoms with van der Waals surface area (Å²) in [7, 11) is 3.38. The normalized spacial score (nSPS) is 24.1. The molecule has 0 radical (unpaired) electrons. The summed E-state index contributed by atoms with van der Waals surface area (Å²) in [6.45, 7) is 2.88. The van der Waals surface area contributed by atoms with E-state index in [2.05, 4.69) is 25.9 Å². The van der Waals surface area contributed by atoms with Gasteiger partial charge in [0, 0.05) is 77.8 Å². The Morgan fingerprint density at radius 2 is 1.67 bits per heavy atom. The van der Waals surface area contributed by atoms with Gasteiger partial charge in [-0.3, -0.25) is 34.4 Å². The Kier molecular flexibility index (Phi) is 12.0. The molecule has 1 aliphatic carbocycles. The van der Waals surface area contributed by atoms with Gasteiger partial charge in [-0.15, -0.1) is 5.10 Å². The molecule has 5 fully saturated rings. The molecule has 0 bridgehead atoms. The third kappa shape index (κ3) is 8.54. The molecule has 21 heteroatoms. The van der Waals surface area contributed by atoms with Crippen molar-refractivity contribution in [3.63, 3.8) is 0 Å². The first kappa shape index (κ1) is 45.2. The number of imidazole rings is 1. The lowest BCUT2D eigenvalue weighted by molar-refractivity contribution is -0.139. The molecule has 3 N–H and O–H groups in total. The Morgan fingerprint density at radius 1 is 0.910 bits per heavy atom. The first-order valence-electron chi connectivity index (χ1n) is 23.1. The number of alkyl halides is 2. The molecule has 1 unspecified atom stereocenters. The zero-order valence-corrected chi connectivity index (χ0v) is 38.3. The number of nitrogens with zero attached hydrogens (tertiary/aromatic N) is 9. The minimum atomic E-state index is -2.99. The molecule has 3 aromatic heterocycles. The van der Waals surface area contributed by atoms with E-state index >= 15 is 13.2 Å². The number of methoxy groups -OCH3 is 1. The molecule has 3 atom stereocenters. The average molecular weight is 947 g/mol. The SMILES string of the molecule is CNc1cc(N2CCc3c(CN4CCC(N5CCC6(CCN(C(=O)c7cc(N8CCC(=O)NC8=O)c(Cl)cn7)CC6)CC5)C(F)(F)C4)cc(F)cc32)nn2c(C(=O)N[C@@H]3CC[C@H]3OC)cnc12. The minimum absolute atomic E-state index is 0.0455. The van der Waals surface area contributed by atoms with E-state index < -0.39 is 30.4 Å². The van der Waals surface area contributed by atoms with Crippen molar-refractivity contribution in [1.29, 1.82) is 0 Å². The number of anilines is 4. The van der Waals surface area contributed by atoms with E-state index in [9.17, 15) is 19.2 Å². The summed E-state index contributed by atoms with van der Waals surface area (Å²) < 4.78 is 55.0. The molecule has 1 aromatic carbocycles. The third-order valence-corrected chi connectivity index (χ3v) is 15.4. The summed E-state index contributed by atoms with van der Waals surface area (Å²) in [5.74, 6) is -3.95. The van der Waals surface area contributed by atoms with Crippen LogP contribution in [0.1, 0.15) is 83.5 Å². The fraction of sp³-hybridized carbons (Fsp3) is 0.543. The number of urea groups is 1. The van der Waals surface area contributed by atoms with Crippen LogP contribution in [-0.4, -0.2) is 149 Å². The molecule has 5 aliphatic heterocycles. The van der Waals surface area contributed by atoms with Gasteiger partial charge in [0.2, 0.25) is 5.91 Å². The Hall–Kier alpha value is -5.57. The molecule has 6 aliphatic rings. The number of imide groups is 1. The van der Waals surface area contributed by atoms with Crippen LogP contribution < -0.4 is 25.8 Å². The predicted octanol–water partition coefficient (Wildman–Crippen LogP) is 5.23. The largest absolute Gasteiger partial charge is 0.385 e. The number of fused-ring (bicyclic) bond motifs is 2. The van der Waals surface area contributed by atoms with Crippen LogP contribution in [0.15, 0.2) is 36.7 Å². The van der Waals surface area contributed by atoms with E-state index in [1.54, 1.807) is 24.0 Å². The lowest BCUT2D eigenvalue weighted by Crippen LogP contribution is -2.60. The summed E-state index contributed by atoms with van der Waals surface area (Å²) in [6.07, 6.45) is 8.42. The molecule has 1 spiro atoms. The van der Waals surface area contributed by atoms with Gasteiger partial charge in [-0.1, -0.05) is 11.6 Å². The van der Waals surface area contributed by atoms with Gasteiger partial charge in [-0.25, -0.2) is 32.4 Å². The van der Waals surface area contributed by atoms with E-state index in [4.69, 9.17) is 21.4 Å². The number of halogens is 4. The first-order valence-corrected chi connectivity index (χ1v) is 23.5. The summed E-state index contributed by atoms with van der Waals surface area (Å²) in [5, 5.41) is 13.5. The van der Waals surface area contributed by atoms with Crippen molar-refractivity contribution in [2.75, 3.05) is 81.6 Å². The highest BCUT2D eigenvalue weighted by Crippen LogP contribution is 2.45. The van der Waals surface area contributed by atoms with Gasteiger partial charge in [-0.05, 0) is 99.2 Å². The number of carbonyl (C=O) groups is 4.